The number of nitrogens with zero attached hydrogens (tertiary/aromatic N) is 1. The molecule has 0 saturated heterocycles. The van der Waals surface area contributed by atoms with Gasteiger partial charge in [-0.15, -0.1) is 0 Å². The first-order valence-corrected chi connectivity index (χ1v) is 13.3. The Morgan fingerprint density at radius 2 is 1.79 bits per heavy atom. The number of rotatable bonds is 13. The zero-order valence-corrected chi connectivity index (χ0v) is 22.8. The van der Waals surface area contributed by atoms with Crippen LogP contribution < -0.4 is 15.4 Å². The maximum absolute atomic E-state index is 13.4. The number of carbonyl (C=O) groups is 3. The van der Waals surface area contributed by atoms with Gasteiger partial charge in [0.05, 0.1) is 13.5 Å². The third-order valence-corrected chi connectivity index (χ3v) is 6.85. The first-order chi connectivity index (χ1) is 18.8. The molecule has 0 saturated carbocycles. The Balaban J connectivity index is 1.47. The van der Waals surface area contributed by atoms with E-state index in [2.05, 4.69) is 15.6 Å². The number of H-pyrrole nitrogens is 1. The van der Waals surface area contributed by atoms with E-state index in [9.17, 15) is 14.4 Å². The highest BCUT2D eigenvalue weighted by molar-refractivity contribution is 5.98. The summed E-state index contributed by atoms with van der Waals surface area (Å²) in [4.78, 5) is 41.2. The topological polar surface area (TPSA) is 105 Å². The molecule has 0 bridgehead atoms. The Kier molecular flexibility index (Phi) is 9.20. The smallest absolute Gasteiger partial charge is 0.246 e. The summed E-state index contributed by atoms with van der Waals surface area (Å²) >= 11 is 0. The molecule has 2 aromatic heterocycles. The fraction of sp³-hybridized carbons (Fsp3) is 0.323. The summed E-state index contributed by atoms with van der Waals surface area (Å²) in [5, 5.41) is 6.87. The lowest BCUT2D eigenvalue weighted by molar-refractivity contribution is -0.126. The molecular formula is C31H36N4O4. The molecule has 1 atom stereocenters. The molecule has 0 aliphatic heterocycles. The van der Waals surface area contributed by atoms with Crippen LogP contribution in [0.15, 0.2) is 67.0 Å². The van der Waals surface area contributed by atoms with Crippen LogP contribution in [0.2, 0.25) is 0 Å². The number of Topliss-reactive ketones (excluding diaryl/α,β-unsaturated/α-hetero) is 1. The van der Waals surface area contributed by atoms with Crippen LogP contribution in [0.4, 0.5) is 5.69 Å². The lowest BCUT2D eigenvalue weighted by Crippen LogP contribution is -2.44. The van der Waals surface area contributed by atoms with Crippen molar-refractivity contribution in [1.82, 2.24) is 14.9 Å². The number of nitrogens with one attached hydrogen (secondary N) is 3. The first kappa shape index (κ1) is 27.7. The van der Waals surface area contributed by atoms with Crippen LogP contribution in [0.5, 0.6) is 5.75 Å². The number of aromatic amines is 1. The minimum absolute atomic E-state index is 0.135. The third kappa shape index (κ3) is 7.37. The largest absolute Gasteiger partial charge is 0.497 e. The van der Waals surface area contributed by atoms with Crippen LogP contribution in [0.25, 0.3) is 16.6 Å². The minimum atomic E-state index is -0.704. The van der Waals surface area contributed by atoms with Crippen molar-refractivity contribution < 1.29 is 19.1 Å². The van der Waals surface area contributed by atoms with E-state index in [1.807, 2.05) is 78.5 Å². The molecule has 0 aliphatic rings. The molecule has 3 N–H and O–H groups in total. The number of amides is 2. The molecule has 2 aromatic carbocycles. The highest BCUT2D eigenvalue weighted by Crippen LogP contribution is 2.27. The van der Waals surface area contributed by atoms with Crippen LogP contribution in [0.1, 0.15) is 50.3 Å². The van der Waals surface area contributed by atoms with Gasteiger partial charge in [-0.3, -0.25) is 9.59 Å². The van der Waals surface area contributed by atoms with E-state index in [0.29, 0.717) is 24.3 Å². The molecule has 0 fully saturated rings. The predicted octanol–water partition coefficient (Wildman–Crippen LogP) is 5.48. The van der Waals surface area contributed by atoms with Crippen molar-refractivity contribution in [2.24, 2.45) is 0 Å². The fourth-order valence-corrected chi connectivity index (χ4v) is 4.77. The number of anilines is 1. The van der Waals surface area contributed by atoms with Crippen LogP contribution in [-0.2, 0) is 20.8 Å². The Hall–Kier alpha value is -4.33. The number of hydrogen-bond acceptors (Lipinski definition) is 4. The average Bonchev–Trinajstić information content (AvgIpc) is 3.56. The number of benzene rings is 2. The van der Waals surface area contributed by atoms with E-state index < -0.39 is 6.04 Å². The molecule has 4 rings (SSSR count). The SMILES string of the molecule is COc1ccc2[nH]c(C)c(CC(=O)N[C@@H](CCCCCC(C)=O)C(=O)Nc3cccc(-n4cccc4)c3)c2c1. The van der Waals surface area contributed by atoms with Gasteiger partial charge < -0.3 is 29.7 Å². The second kappa shape index (κ2) is 13.0. The Bertz CT molecular complexity index is 1440. The van der Waals surface area contributed by atoms with E-state index in [1.165, 1.54) is 0 Å². The highest BCUT2D eigenvalue weighted by atomic mass is 16.5. The number of fused-ring (bicyclic) bond motifs is 1. The molecule has 39 heavy (non-hydrogen) atoms. The maximum Gasteiger partial charge on any atom is 0.246 e. The van der Waals surface area contributed by atoms with Gasteiger partial charge in [0.15, 0.2) is 0 Å². The molecule has 4 aromatic rings. The van der Waals surface area contributed by atoms with Crippen molar-refractivity contribution >= 4 is 34.2 Å². The summed E-state index contributed by atoms with van der Waals surface area (Å²) in [7, 11) is 1.61. The van der Waals surface area contributed by atoms with Crippen molar-refractivity contribution in [2.75, 3.05) is 12.4 Å². The van der Waals surface area contributed by atoms with E-state index in [-0.39, 0.29) is 24.0 Å². The van der Waals surface area contributed by atoms with Gasteiger partial charge in [0.1, 0.15) is 17.6 Å². The Morgan fingerprint density at radius 1 is 1.00 bits per heavy atom. The normalized spacial score (nSPS) is 11.8. The number of ether oxygens (including phenoxy) is 1. The number of aryl methyl sites for hydroxylation is 1. The third-order valence-electron chi connectivity index (χ3n) is 6.85. The van der Waals surface area contributed by atoms with Crippen molar-refractivity contribution in [3.05, 3.63) is 78.2 Å². The average molecular weight is 529 g/mol. The minimum Gasteiger partial charge on any atom is -0.497 e. The van der Waals surface area contributed by atoms with Crippen LogP contribution in [0, 0.1) is 6.92 Å². The molecular weight excluding hydrogens is 492 g/mol. The molecule has 8 nitrogen and oxygen atoms in total. The fourth-order valence-electron chi connectivity index (χ4n) is 4.77. The number of methoxy groups -OCH3 is 1. The van der Waals surface area contributed by atoms with Gasteiger partial charge in [0.2, 0.25) is 11.8 Å². The molecule has 0 radical (unpaired) electrons. The zero-order chi connectivity index (χ0) is 27.8. The Labute approximate surface area is 228 Å². The summed E-state index contributed by atoms with van der Waals surface area (Å²) in [6, 6.07) is 16.5. The van der Waals surface area contributed by atoms with Gasteiger partial charge in [-0.1, -0.05) is 18.9 Å². The highest BCUT2D eigenvalue weighted by Gasteiger charge is 2.22. The molecule has 2 heterocycles. The lowest BCUT2D eigenvalue weighted by Gasteiger charge is -2.19. The van der Waals surface area contributed by atoms with Crippen molar-refractivity contribution in [1.29, 1.82) is 0 Å². The van der Waals surface area contributed by atoms with Crippen LogP contribution >= 0.6 is 0 Å². The molecule has 204 valence electrons. The molecule has 2 amide bonds. The number of carbonyl (C=O) groups excluding carboxylic acids is 3. The number of unbranched alkanes of at least 4 members (excludes halogenated alkanes) is 2. The summed E-state index contributed by atoms with van der Waals surface area (Å²) in [6.07, 6.45) is 7.32. The quantitative estimate of drug-likeness (QED) is 0.200. The van der Waals surface area contributed by atoms with Crippen molar-refractivity contribution in [3.8, 4) is 11.4 Å². The maximum atomic E-state index is 13.4. The summed E-state index contributed by atoms with van der Waals surface area (Å²) in [6.45, 7) is 3.52. The van der Waals surface area contributed by atoms with Gasteiger partial charge in [-0.25, -0.2) is 0 Å². The monoisotopic (exact) mass is 528 g/mol. The summed E-state index contributed by atoms with van der Waals surface area (Å²) < 4.78 is 7.33. The second-order valence-corrected chi connectivity index (χ2v) is 9.87. The summed E-state index contributed by atoms with van der Waals surface area (Å²) in [5.74, 6) is 0.378. The molecule has 0 unspecified atom stereocenters. The van der Waals surface area contributed by atoms with Crippen molar-refractivity contribution in [3.63, 3.8) is 0 Å². The molecule has 0 aliphatic carbocycles. The number of hydrogen-bond donors (Lipinski definition) is 3. The molecule has 8 heteroatoms. The summed E-state index contributed by atoms with van der Waals surface area (Å²) in [5.41, 5.74) is 4.29. The number of aromatic nitrogens is 2. The van der Waals surface area contributed by atoms with E-state index >= 15 is 0 Å². The Morgan fingerprint density at radius 3 is 2.54 bits per heavy atom. The molecule has 0 spiro atoms. The van der Waals surface area contributed by atoms with Crippen molar-refractivity contribution in [2.45, 2.75) is 58.4 Å². The standard InChI is InChI=1S/C31H36N4O4/c1-21(36)10-5-4-6-13-29(31(38)33-23-11-9-12-24(18-23)35-16-7-8-17-35)34-30(37)20-26-22(2)32-28-15-14-25(39-3)19-27(26)28/h7-9,11-12,14-19,29,32H,4-6,10,13,20H2,1-3H3,(H,33,38)(H,34,37)/t29-/m0/s1. The zero-order valence-electron chi connectivity index (χ0n) is 22.8. The lowest BCUT2D eigenvalue weighted by atomic mass is 10.0. The van der Waals surface area contributed by atoms with Gasteiger partial charge in [-0.2, -0.15) is 0 Å². The van der Waals surface area contributed by atoms with Crippen LogP contribution in [0.3, 0.4) is 0 Å². The van der Waals surface area contributed by atoms with E-state index in [1.54, 1.807) is 14.0 Å². The van der Waals surface area contributed by atoms with E-state index in [0.717, 1.165) is 47.1 Å². The van der Waals surface area contributed by atoms with Gasteiger partial charge in [0, 0.05) is 46.8 Å². The predicted molar refractivity (Wildman–Crippen MR) is 153 cm³/mol. The second-order valence-electron chi connectivity index (χ2n) is 9.87. The van der Waals surface area contributed by atoms with Gasteiger partial charge in [-0.05, 0) is 80.8 Å². The van der Waals surface area contributed by atoms with Gasteiger partial charge in [0.25, 0.3) is 0 Å². The van der Waals surface area contributed by atoms with E-state index in [4.69, 9.17) is 4.74 Å². The van der Waals surface area contributed by atoms with Crippen LogP contribution in [-0.4, -0.2) is 40.3 Å². The first-order valence-electron chi connectivity index (χ1n) is 13.3. The number of ketones is 1. The van der Waals surface area contributed by atoms with Gasteiger partial charge >= 0.3 is 0 Å².